The van der Waals surface area contributed by atoms with E-state index in [9.17, 15) is 0 Å². The van der Waals surface area contributed by atoms with Crippen LogP contribution in [0.5, 0.6) is 11.5 Å². The molecule has 1 N–H and O–H groups in total. The van der Waals surface area contributed by atoms with Crippen LogP contribution in [0.2, 0.25) is 5.02 Å². The fourth-order valence-electron chi connectivity index (χ4n) is 2.35. The van der Waals surface area contributed by atoms with Gasteiger partial charge < -0.3 is 14.8 Å². The fraction of sp³-hybridized carbons (Fsp3) is 0.625. The monoisotopic (exact) mass is 297 g/mol. The zero-order valence-corrected chi connectivity index (χ0v) is 13.3. The van der Waals surface area contributed by atoms with Crippen molar-refractivity contribution in [3.05, 3.63) is 22.7 Å². The molecule has 20 heavy (non-hydrogen) atoms. The number of ether oxygens (including phenoxy) is 2. The highest BCUT2D eigenvalue weighted by Crippen LogP contribution is 2.39. The van der Waals surface area contributed by atoms with Gasteiger partial charge in [-0.2, -0.15) is 0 Å². The highest BCUT2D eigenvalue weighted by Gasteiger charge is 2.18. The van der Waals surface area contributed by atoms with Crippen LogP contribution in [0.3, 0.4) is 0 Å². The first-order valence-corrected chi connectivity index (χ1v) is 7.75. The average Bonchev–Trinajstić information content (AvgIpc) is 2.84. The summed E-state index contributed by atoms with van der Waals surface area (Å²) in [7, 11) is 0. The smallest absolute Gasteiger partial charge is 0.231 e. The Labute approximate surface area is 126 Å². The summed E-state index contributed by atoms with van der Waals surface area (Å²) in [5, 5.41) is 4.16. The Balaban J connectivity index is 1.81. The van der Waals surface area contributed by atoms with Crippen LogP contribution >= 0.6 is 11.6 Å². The first-order chi connectivity index (χ1) is 9.56. The quantitative estimate of drug-likeness (QED) is 0.810. The minimum absolute atomic E-state index is 0.261. The van der Waals surface area contributed by atoms with Crippen molar-refractivity contribution in [2.75, 3.05) is 6.79 Å². The normalized spacial score (nSPS) is 14.8. The van der Waals surface area contributed by atoms with Crippen molar-refractivity contribution in [3.8, 4) is 11.5 Å². The van der Waals surface area contributed by atoms with E-state index in [0.29, 0.717) is 16.8 Å². The third-order valence-corrected chi connectivity index (χ3v) is 3.84. The minimum Gasteiger partial charge on any atom is -0.454 e. The Hall–Kier alpha value is -0.930. The Morgan fingerprint density at radius 3 is 2.75 bits per heavy atom. The van der Waals surface area contributed by atoms with Crippen LogP contribution in [0.4, 0.5) is 0 Å². The zero-order valence-electron chi connectivity index (χ0n) is 12.5. The van der Waals surface area contributed by atoms with E-state index in [2.05, 4.69) is 26.1 Å². The molecule has 112 valence electrons. The maximum atomic E-state index is 6.18. The summed E-state index contributed by atoms with van der Waals surface area (Å²) in [6.07, 6.45) is 3.77. The Bertz CT molecular complexity index is 448. The average molecular weight is 298 g/mol. The molecule has 0 radical (unpaired) electrons. The molecule has 1 aliphatic heterocycles. The predicted octanol–water partition coefficient (Wildman–Crippen LogP) is 4.37. The van der Waals surface area contributed by atoms with Gasteiger partial charge >= 0.3 is 0 Å². The van der Waals surface area contributed by atoms with Crippen LogP contribution in [0.1, 0.15) is 45.6 Å². The molecular formula is C16H24ClNO2. The predicted molar refractivity (Wildman–Crippen MR) is 82.6 cm³/mol. The lowest BCUT2D eigenvalue weighted by molar-refractivity contribution is 0.174. The highest BCUT2D eigenvalue weighted by molar-refractivity contribution is 6.32. The second-order valence-corrected chi connectivity index (χ2v) is 6.33. The Morgan fingerprint density at radius 2 is 2.00 bits per heavy atom. The molecular weight excluding hydrogens is 274 g/mol. The van der Waals surface area contributed by atoms with Crippen LogP contribution in [-0.4, -0.2) is 12.8 Å². The van der Waals surface area contributed by atoms with Gasteiger partial charge in [-0.25, -0.2) is 0 Å². The van der Waals surface area contributed by atoms with Gasteiger partial charge in [-0.05, 0) is 37.0 Å². The van der Waals surface area contributed by atoms with Gasteiger partial charge in [-0.15, -0.1) is 0 Å². The first-order valence-electron chi connectivity index (χ1n) is 7.37. The topological polar surface area (TPSA) is 30.5 Å². The van der Waals surface area contributed by atoms with E-state index in [1.165, 1.54) is 19.3 Å². The molecule has 0 saturated carbocycles. The third-order valence-electron chi connectivity index (χ3n) is 3.56. The molecule has 0 aromatic heterocycles. The van der Waals surface area contributed by atoms with Crippen molar-refractivity contribution < 1.29 is 9.47 Å². The first kappa shape index (κ1) is 15.5. The highest BCUT2D eigenvalue weighted by atomic mass is 35.5. The van der Waals surface area contributed by atoms with Crippen LogP contribution in [0.25, 0.3) is 0 Å². The number of hydrogen-bond acceptors (Lipinski definition) is 3. The second-order valence-electron chi connectivity index (χ2n) is 5.92. The number of nitrogens with one attached hydrogen (secondary N) is 1. The maximum Gasteiger partial charge on any atom is 0.231 e. The van der Waals surface area contributed by atoms with Crippen molar-refractivity contribution >= 4 is 11.6 Å². The SMILES string of the molecule is CC(C)CCCC(C)NCc1cc(Cl)c2c(c1)OCO2. The van der Waals surface area contributed by atoms with Gasteiger partial charge in [0.25, 0.3) is 0 Å². The summed E-state index contributed by atoms with van der Waals surface area (Å²) >= 11 is 6.18. The lowest BCUT2D eigenvalue weighted by Crippen LogP contribution is -2.25. The number of benzene rings is 1. The molecule has 2 rings (SSSR count). The number of fused-ring (bicyclic) bond motifs is 1. The lowest BCUT2D eigenvalue weighted by atomic mass is 10.0. The standard InChI is InChI=1S/C16H24ClNO2/c1-11(2)5-4-6-12(3)18-9-13-7-14(17)16-15(8-13)19-10-20-16/h7-8,11-12,18H,4-6,9-10H2,1-3H3. The van der Waals surface area contributed by atoms with Crippen molar-refractivity contribution in [1.29, 1.82) is 0 Å². The molecule has 1 heterocycles. The Kier molecular flexibility index (Phi) is 5.55. The summed E-state index contributed by atoms with van der Waals surface area (Å²) in [5.74, 6) is 2.21. The summed E-state index contributed by atoms with van der Waals surface area (Å²) in [4.78, 5) is 0. The van der Waals surface area contributed by atoms with Gasteiger partial charge in [0.05, 0.1) is 5.02 Å². The van der Waals surface area contributed by atoms with Gasteiger partial charge in [0.15, 0.2) is 11.5 Å². The molecule has 0 spiro atoms. The van der Waals surface area contributed by atoms with E-state index in [4.69, 9.17) is 21.1 Å². The molecule has 4 heteroatoms. The molecule has 1 aromatic rings. The maximum absolute atomic E-state index is 6.18. The molecule has 0 aliphatic carbocycles. The van der Waals surface area contributed by atoms with Gasteiger partial charge in [0.1, 0.15) is 0 Å². The largest absolute Gasteiger partial charge is 0.454 e. The van der Waals surface area contributed by atoms with Gasteiger partial charge in [0.2, 0.25) is 6.79 Å². The summed E-state index contributed by atoms with van der Waals surface area (Å²) in [6, 6.07) is 4.46. The molecule has 1 atom stereocenters. The van der Waals surface area contributed by atoms with Crippen LogP contribution in [0, 0.1) is 5.92 Å². The second kappa shape index (κ2) is 7.19. The Morgan fingerprint density at radius 1 is 1.20 bits per heavy atom. The van der Waals surface area contributed by atoms with Crippen LogP contribution in [0.15, 0.2) is 12.1 Å². The fourth-order valence-corrected chi connectivity index (χ4v) is 2.64. The summed E-state index contributed by atoms with van der Waals surface area (Å²) in [5.41, 5.74) is 1.13. The summed E-state index contributed by atoms with van der Waals surface area (Å²) in [6.45, 7) is 7.84. The molecule has 1 aromatic carbocycles. The van der Waals surface area contributed by atoms with E-state index >= 15 is 0 Å². The molecule has 0 saturated heterocycles. The van der Waals surface area contributed by atoms with E-state index < -0.39 is 0 Å². The van der Waals surface area contributed by atoms with Crippen LogP contribution < -0.4 is 14.8 Å². The molecule has 0 fully saturated rings. The third kappa shape index (κ3) is 4.29. The van der Waals surface area contributed by atoms with Gasteiger partial charge in [-0.3, -0.25) is 0 Å². The van der Waals surface area contributed by atoms with Crippen molar-refractivity contribution in [1.82, 2.24) is 5.32 Å². The van der Waals surface area contributed by atoms with E-state index in [1.54, 1.807) is 0 Å². The molecule has 1 unspecified atom stereocenters. The van der Waals surface area contributed by atoms with E-state index in [-0.39, 0.29) is 6.79 Å². The summed E-state index contributed by atoms with van der Waals surface area (Å²) < 4.78 is 10.7. The lowest BCUT2D eigenvalue weighted by Gasteiger charge is -2.15. The zero-order chi connectivity index (χ0) is 14.5. The number of halogens is 1. The molecule has 0 amide bonds. The van der Waals surface area contributed by atoms with Gasteiger partial charge in [0, 0.05) is 12.6 Å². The molecule has 0 bridgehead atoms. The van der Waals surface area contributed by atoms with E-state index in [0.717, 1.165) is 23.8 Å². The van der Waals surface area contributed by atoms with Crippen LogP contribution in [-0.2, 0) is 6.54 Å². The molecule has 1 aliphatic rings. The van der Waals surface area contributed by atoms with Crippen molar-refractivity contribution in [2.45, 2.75) is 52.6 Å². The van der Waals surface area contributed by atoms with E-state index in [1.807, 2.05) is 12.1 Å². The van der Waals surface area contributed by atoms with Crippen molar-refractivity contribution in [3.63, 3.8) is 0 Å². The number of rotatable bonds is 7. The number of hydrogen-bond donors (Lipinski definition) is 1. The minimum atomic E-state index is 0.261. The van der Waals surface area contributed by atoms with Crippen molar-refractivity contribution in [2.24, 2.45) is 5.92 Å². The molecule has 3 nitrogen and oxygen atoms in total. The van der Waals surface area contributed by atoms with Gasteiger partial charge in [-0.1, -0.05) is 38.3 Å².